The molecule has 0 fully saturated rings. The van der Waals surface area contributed by atoms with E-state index in [4.69, 9.17) is 10.00 Å². The van der Waals surface area contributed by atoms with Crippen LogP contribution >= 0.6 is 0 Å². The smallest absolute Gasteiger partial charge is 0.209 e. The normalized spacial score (nSPS) is 17.7. The SMILES string of the molecule is CCCC(F)N=NC(C)(C#N)CC(C)(C)OC. The molecule has 0 N–H and O–H groups in total. The standard InChI is InChI=1S/C12H22FN3O/c1-6-7-10(13)15-16-12(4,9-14)8-11(2,3)17-5/h10H,6-8H2,1-5H3. The minimum Gasteiger partial charge on any atom is -0.379 e. The predicted octanol–water partition coefficient (Wildman–Crippen LogP) is 3.63. The first kappa shape index (κ1) is 16.0. The van der Waals surface area contributed by atoms with Gasteiger partial charge in [-0.3, -0.25) is 0 Å². The summed E-state index contributed by atoms with van der Waals surface area (Å²) in [5.74, 6) is 0. The molecule has 0 bridgehead atoms. The number of hydrogen-bond donors (Lipinski definition) is 0. The summed E-state index contributed by atoms with van der Waals surface area (Å²) in [6.45, 7) is 7.23. The van der Waals surface area contributed by atoms with E-state index < -0.39 is 17.4 Å². The van der Waals surface area contributed by atoms with Gasteiger partial charge in [-0.1, -0.05) is 13.3 Å². The highest BCUT2D eigenvalue weighted by molar-refractivity contribution is 5.06. The van der Waals surface area contributed by atoms with Crippen molar-refractivity contribution in [3.8, 4) is 6.07 Å². The minimum absolute atomic E-state index is 0.332. The molecule has 0 radical (unpaired) electrons. The Kier molecular flexibility index (Phi) is 6.25. The second kappa shape index (κ2) is 6.65. The quantitative estimate of drug-likeness (QED) is 0.506. The summed E-state index contributed by atoms with van der Waals surface area (Å²) in [5.41, 5.74) is -1.53. The van der Waals surface area contributed by atoms with E-state index in [1.54, 1.807) is 14.0 Å². The van der Waals surface area contributed by atoms with E-state index in [9.17, 15) is 4.39 Å². The second-order valence-corrected chi connectivity index (χ2v) is 4.96. The van der Waals surface area contributed by atoms with Crippen LogP contribution in [0, 0.1) is 11.3 Å². The Morgan fingerprint density at radius 3 is 2.41 bits per heavy atom. The van der Waals surface area contributed by atoms with Crippen molar-refractivity contribution >= 4 is 0 Å². The van der Waals surface area contributed by atoms with Gasteiger partial charge in [0.25, 0.3) is 0 Å². The van der Waals surface area contributed by atoms with Crippen LogP contribution in [0.2, 0.25) is 0 Å². The second-order valence-electron chi connectivity index (χ2n) is 4.96. The fourth-order valence-corrected chi connectivity index (χ4v) is 1.48. The molecule has 0 saturated heterocycles. The summed E-state index contributed by atoms with van der Waals surface area (Å²) < 4.78 is 18.4. The number of ether oxygens (including phenoxy) is 1. The van der Waals surface area contributed by atoms with Gasteiger partial charge in [-0.25, -0.2) is 4.39 Å². The summed E-state index contributed by atoms with van der Waals surface area (Å²) in [4.78, 5) is 0. The molecule has 0 aliphatic rings. The third kappa shape index (κ3) is 6.32. The van der Waals surface area contributed by atoms with Gasteiger partial charge in [0.15, 0.2) is 5.54 Å². The molecule has 0 amide bonds. The molecular weight excluding hydrogens is 221 g/mol. The third-order valence-electron chi connectivity index (χ3n) is 2.49. The number of methoxy groups -OCH3 is 1. The molecule has 0 saturated carbocycles. The fraction of sp³-hybridized carbons (Fsp3) is 0.917. The van der Waals surface area contributed by atoms with E-state index in [1.807, 2.05) is 20.8 Å². The zero-order chi connectivity index (χ0) is 13.5. The van der Waals surface area contributed by atoms with Crippen molar-refractivity contribution in [2.45, 2.75) is 64.4 Å². The van der Waals surface area contributed by atoms with Crippen LogP contribution in [0.3, 0.4) is 0 Å². The number of halogens is 1. The number of azo groups is 1. The van der Waals surface area contributed by atoms with E-state index in [-0.39, 0.29) is 0 Å². The largest absolute Gasteiger partial charge is 0.379 e. The van der Waals surface area contributed by atoms with Gasteiger partial charge in [-0.15, -0.1) is 0 Å². The van der Waals surface area contributed by atoms with Gasteiger partial charge in [0.1, 0.15) is 0 Å². The van der Waals surface area contributed by atoms with Gasteiger partial charge >= 0.3 is 0 Å². The van der Waals surface area contributed by atoms with Gasteiger partial charge < -0.3 is 4.74 Å². The van der Waals surface area contributed by atoms with Crippen LogP contribution in [-0.4, -0.2) is 24.5 Å². The molecule has 0 aromatic rings. The number of hydrogen-bond acceptors (Lipinski definition) is 4. The monoisotopic (exact) mass is 243 g/mol. The van der Waals surface area contributed by atoms with Gasteiger partial charge in [-0.2, -0.15) is 15.5 Å². The minimum atomic E-state index is -1.32. The maximum atomic E-state index is 13.2. The first-order chi connectivity index (χ1) is 7.78. The molecule has 0 aliphatic carbocycles. The lowest BCUT2D eigenvalue weighted by molar-refractivity contribution is 0.00451. The Labute approximate surface area is 103 Å². The topological polar surface area (TPSA) is 57.7 Å². The van der Waals surface area contributed by atoms with Crippen molar-refractivity contribution < 1.29 is 9.13 Å². The zero-order valence-corrected chi connectivity index (χ0v) is 11.3. The number of nitrogens with zero attached hydrogens (tertiary/aromatic N) is 3. The average molecular weight is 243 g/mol. The van der Waals surface area contributed by atoms with Crippen LogP contribution in [0.25, 0.3) is 0 Å². The van der Waals surface area contributed by atoms with Crippen LogP contribution in [-0.2, 0) is 4.74 Å². The van der Waals surface area contributed by atoms with E-state index in [2.05, 4.69) is 16.3 Å². The van der Waals surface area contributed by atoms with Crippen LogP contribution < -0.4 is 0 Å². The van der Waals surface area contributed by atoms with Crippen molar-refractivity contribution in [2.24, 2.45) is 10.2 Å². The number of rotatable bonds is 7. The maximum Gasteiger partial charge on any atom is 0.209 e. The van der Waals surface area contributed by atoms with Crippen molar-refractivity contribution in [2.75, 3.05) is 7.11 Å². The van der Waals surface area contributed by atoms with Gasteiger partial charge in [0, 0.05) is 20.0 Å². The summed E-state index contributed by atoms with van der Waals surface area (Å²) in [6, 6.07) is 2.06. The Hall–Kier alpha value is -1.02. The summed E-state index contributed by atoms with van der Waals surface area (Å²) in [5, 5.41) is 16.5. The highest BCUT2D eigenvalue weighted by Gasteiger charge is 2.33. The Balaban J connectivity index is 4.65. The molecule has 0 rings (SSSR count). The lowest BCUT2D eigenvalue weighted by atomic mass is 9.90. The molecule has 2 atom stereocenters. The van der Waals surface area contributed by atoms with E-state index >= 15 is 0 Å². The molecule has 17 heavy (non-hydrogen) atoms. The molecule has 0 aromatic carbocycles. The highest BCUT2D eigenvalue weighted by atomic mass is 19.1. The van der Waals surface area contributed by atoms with Crippen molar-refractivity contribution in [1.29, 1.82) is 5.26 Å². The predicted molar refractivity (Wildman–Crippen MR) is 64.4 cm³/mol. The summed E-state index contributed by atoms with van der Waals surface area (Å²) in [7, 11) is 1.57. The van der Waals surface area contributed by atoms with Crippen molar-refractivity contribution in [1.82, 2.24) is 0 Å². The van der Waals surface area contributed by atoms with E-state index in [0.29, 0.717) is 19.3 Å². The highest BCUT2D eigenvalue weighted by Crippen LogP contribution is 2.26. The number of nitriles is 1. The lowest BCUT2D eigenvalue weighted by Gasteiger charge is -2.28. The fourth-order valence-electron chi connectivity index (χ4n) is 1.48. The molecule has 0 aliphatic heterocycles. The van der Waals surface area contributed by atoms with Crippen LogP contribution in [0.1, 0.15) is 47.0 Å². The lowest BCUT2D eigenvalue weighted by Crippen LogP contribution is -2.34. The molecule has 5 heteroatoms. The molecule has 2 unspecified atom stereocenters. The molecule has 0 heterocycles. The van der Waals surface area contributed by atoms with Crippen LogP contribution in [0.15, 0.2) is 10.2 Å². The Bertz CT molecular complexity index is 299. The first-order valence-electron chi connectivity index (χ1n) is 5.81. The Morgan fingerprint density at radius 1 is 1.41 bits per heavy atom. The molecule has 98 valence electrons. The van der Waals surface area contributed by atoms with E-state index in [1.165, 1.54) is 0 Å². The van der Waals surface area contributed by atoms with Crippen LogP contribution in [0.5, 0.6) is 0 Å². The molecule has 0 aromatic heterocycles. The van der Waals surface area contributed by atoms with Crippen LogP contribution in [0.4, 0.5) is 4.39 Å². The van der Waals surface area contributed by atoms with Crippen molar-refractivity contribution in [3.63, 3.8) is 0 Å². The molecule has 4 nitrogen and oxygen atoms in total. The Morgan fingerprint density at radius 2 is 2.00 bits per heavy atom. The summed E-state index contributed by atoms with van der Waals surface area (Å²) in [6.07, 6.45) is 0.0828. The summed E-state index contributed by atoms with van der Waals surface area (Å²) >= 11 is 0. The molecule has 0 spiro atoms. The third-order valence-corrected chi connectivity index (χ3v) is 2.49. The average Bonchev–Trinajstić information content (AvgIpc) is 2.26. The van der Waals surface area contributed by atoms with Crippen molar-refractivity contribution in [3.05, 3.63) is 0 Å². The zero-order valence-electron chi connectivity index (χ0n) is 11.3. The number of alkyl halides is 1. The van der Waals surface area contributed by atoms with Gasteiger partial charge in [-0.05, 0) is 20.8 Å². The maximum absolute atomic E-state index is 13.2. The molecular formula is C12H22FN3O. The first-order valence-corrected chi connectivity index (χ1v) is 5.81. The van der Waals surface area contributed by atoms with Gasteiger partial charge in [0.2, 0.25) is 6.30 Å². The van der Waals surface area contributed by atoms with Gasteiger partial charge in [0.05, 0.1) is 11.7 Å². The van der Waals surface area contributed by atoms with E-state index in [0.717, 1.165) is 0 Å².